The minimum atomic E-state index is -1.57. The average molecular weight is 1120 g/mol. The molecule has 0 unspecified atom stereocenters. The summed E-state index contributed by atoms with van der Waals surface area (Å²) >= 11 is 0. The van der Waals surface area contributed by atoms with Gasteiger partial charge < -0.3 is 77.2 Å². The number of primary amides is 1. The van der Waals surface area contributed by atoms with Crippen molar-refractivity contribution in [1.82, 2.24) is 37.2 Å². The Labute approximate surface area is 460 Å². The molecule has 0 aromatic carbocycles. The summed E-state index contributed by atoms with van der Waals surface area (Å²) in [5.74, 6) is -7.95. The third kappa shape index (κ3) is 44.2. The number of carbonyl (C=O) groups is 10. The van der Waals surface area contributed by atoms with Gasteiger partial charge in [-0.15, -0.1) is 0 Å². The number of carbonyl (C=O) groups excluding carboxylic acids is 7. The molecule has 7 amide bonds. The third-order valence-corrected chi connectivity index (χ3v) is 12.1. The van der Waals surface area contributed by atoms with E-state index in [1.54, 1.807) is 7.05 Å². The van der Waals surface area contributed by atoms with E-state index in [0.717, 1.165) is 25.3 Å². The largest absolute Gasteiger partial charge is 0.480 e. The number of aliphatic carboxylic acids is 3. The second kappa shape index (κ2) is 49.5. The van der Waals surface area contributed by atoms with Crippen LogP contribution in [0.4, 0.5) is 0 Å². The lowest BCUT2D eigenvalue weighted by atomic mass is 10.0. The number of nitrogens with one attached hydrogen (secondary N) is 7. The molecule has 0 spiro atoms. The van der Waals surface area contributed by atoms with Gasteiger partial charge in [-0.05, 0) is 51.6 Å². The van der Waals surface area contributed by atoms with Gasteiger partial charge in [0, 0.05) is 45.3 Å². The van der Waals surface area contributed by atoms with Crippen LogP contribution in [-0.2, 0) is 66.9 Å². The highest BCUT2D eigenvalue weighted by atomic mass is 16.5. The molecule has 78 heavy (non-hydrogen) atoms. The van der Waals surface area contributed by atoms with Gasteiger partial charge in [-0.1, -0.05) is 103 Å². The number of ether oxygens (including phenoxy) is 4. The predicted octanol–water partition coefficient (Wildman–Crippen LogP) is 2.47. The minimum absolute atomic E-state index is 0.0299. The average Bonchev–Trinajstić information content (AvgIpc) is 3.39. The summed E-state index contributed by atoms with van der Waals surface area (Å²) < 4.78 is 21.2. The number of nitrogens with two attached hydrogens (primary N) is 1. The highest BCUT2D eigenvalue weighted by Gasteiger charge is 2.23. The van der Waals surface area contributed by atoms with Crippen LogP contribution in [0.15, 0.2) is 11.8 Å². The molecule has 0 aromatic rings. The molecule has 448 valence electrons. The van der Waals surface area contributed by atoms with Gasteiger partial charge in [0.05, 0.1) is 45.7 Å². The molecule has 0 fully saturated rings. The molecule has 25 nitrogen and oxygen atoms in total. The topological polar surface area (TPSA) is 379 Å². The number of hydrogen-bond donors (Lipinski definition) is 11. The maximum absolute atomic E-state index is 12.4. The Hall–Kier alpha value is -5.76. The second-order valence-corrected chi connectivity index (χ2v) is 18.8. The Morgan fingerprint density at radius 1 is 0.449 bits per heavy atom. The summed E-state index contributed by atoms with van der Waals surface area (Å²) in [6.07, 6.45) is 21.2. The Bertz CT molecular complexity index is 1770. The normalized spacial score (nSPS) is 12.4. The molecule has 25 heteroatoms. The highest BCUT2D eigenvalue weighted by molar-refractivity contribution is 5.94. The van der Waals surface area contributed by atoms with E-state index < -0.39 is 84.3 Å². The molecule has 0 aliphatic heterocycles. The van der Waals surface area contributed by atoms with Crippen LogP contribution in [0.25, 0.3) is 0 Å². The summed E-state index contributed by atoms with van der Waals surface area (Å²) in [5.41, 5.74) is 4.62. The third-order valence-electron chi connectivity index (χ3n) is 12.1. The summed E-state index contributed by atoms with van der Waals surface area (Å²) in [4.78, 5) is 120. The molecule has 0 saturated carbocycles. The van der Waals surface area contributed by atoms with Crippen LogP contribution >= 0.6 is 0 Å². The lowest BCUT2D eigenvalue weighted by molar-refractivity contribution is -0.142. The van der Waals surface area contributed by atoms with E-state index in [9.17, 15) is 63.3 Å². The number of hydrogen-bond acceptors (Lipinski definition) is 15. The number of unbranched alkanes of at least 4 members (excludes halogenated alkanes) is 16. The summed E-state index contributed by atoms with van der Waals surface area (Å²) in [6, 6.07) is -3.09. The van der Waals surface area contributed by atoms with Crippen molar-refractivity contribution in [1.29, 1.82) is 0 Å². The highest BCUT2D eigenvalue weighted by Crippen LogP contribution is 2.14. The maximum atomic E-state index is 12.4. The van der Waals surface area contributed by atoms with Gasteiger partial charge in [0.2, 0.25) is 35.4 Å². The van der Waals surface area contributed by atoms with E-state index in [4.69, 9.17) is 24.7 Å². The van der Waals surface area contributed by atoms with Gasteiger partial charge in [-0.25, -0.2) is 14.4 Å². The quantitative estimate of drug-likeness (QED) is 0.0308. The SMILES string of the molecule is CCCCCCCCCCCCCCCCCCC(=O)N[C@@H](CCC(=O)NCCOCCOCC(=O)NCCOCCOCC(=O)N/C(=C/CC(=O)N[C@@H](CCC(=O)NCCCC[C@H](NC)C(N)=O)C(=O)O)C(=O)O)C(=O)O. The summed E-state index contributed by atoms with van der Waals surface area (Å²) in [7, 11) is 1.61. The first-order chi connectivity index (χ1) is 37.5. The monoisotopic (exact) mass is 1110 g/mol. The lowest BCUT2D eigenvalue weighted by Crippen LogP contribution is -2.41. The number of amides is 7. The Morgan fingerprint density at radius 3 is 1.35 bits per heavy atom. The number of carboxylic acid groups (broad SMARTS) is 3. The molecule has 0 aliphatic carbocycles. The van der Waals surface area contributed by atoms with Crippen molar-refractivity contribution in [3.05, 3.63) is 11.8 Å². The van der Waals surface area contributed by atoms with E-state index in [0.29, 0.717) is 25.7 Å². The molecule has 0 rings (SSSR count). The molecule has 0 aliphatic rings. The van der Waals surface area contributed by atoms with Crippen molar-refractivity contribution in [3.63, 3.8) is 0 Å². The predicted molar refractivity (Wildman–Crippen MR) is 288 cm³/mol. The Kier molecular flexibility index (Phi) is 45.9. The van der Waals surface area contributed by atoms with E-state index in [1.807, 2.05) is 0 Å². The van der Waals surface area contributed by atoms with Gasteiger partial charge in [0.25, 0.3) is 5.91 Å². The number of carboxylic acids is 3. The van der Waals surface area contributed by atoms with Crippen LogP contribution in [-0.4, -0.2) is 172 Å². The van der Waals surface area contributed by atoms with E-state index in [2.05, 4.69) is 44.1 Å². The smallest absolute Gasteiger partial charge is 0.352 e. The van der Waals surface area contributed by atoms with Gasteiger partial charge in [-0.2, -0.15) is 0 Å². The standard InChI is InChI=1S/C53H94N8O17/c1-3-4-5-6-7-8-9-10-11-12-13-14-15-16-17-18-22-46(64)59-41(51(69)70)24-27-45(63)57-30-32-75-34-36-77-38-48(66)58-31-33-76-35-37-78-39-49(67)61-43(53(73)74)25-28-47(65)60-42(52(71)72)23-26-44(62)56-29-20-19-21-40(55-2)50(54)68/h25,40-42,55H,3-24,26-39H2,1-2H3,(H2,54,68)(H,56,62)(H,57,63)(H,58,66)(H,59,64)(H,60,65)(H,61,67)(H,69,70)(H,71,72)(H,73,74)/b43-25+/t40-,41-,42-/m0/s1. The first-order valence-electron chi connectivity index (χ1n) is 27.9. The van der Waals surface area contributed by atoms with Crippen molar-refractivity contribution in [2.45, 2.75) is 186 Å². The fraction of sp³-hybridized carbons (Fsp3) is 0.774. The van der Waals surface area contributed by atoms with Crippen molar-refractivity contribution in [2.75, 3.05) is 79.5 Å². The van der Waals surface area contributed by atoms with Crippen LogP contribution in [0.3, 0.4) is 0 Å². The zero-order valence-electron chi connectivity index (χ0n) is 46.4. The van der Waals surface area contributed by atoms with Crippen LogP contribution < -0.4 is 43.0 Å². The summed E-state index contributed by atoms with van der Waals surface area (Å²) in [5, 5.41) is 46.0. The minimum Gasteiger partial charge on any atom is -0.480 e. The van der Waals surface area contributed by atoms with Crippen molar-refractivity contribution in [3.8, 4) is 0 Å². The molecule has 0 bridgehead atoms. The molecule has 12 N–H and O–H groups in total. The Balaban J connectivity index is 4.02. The van der Waals surface area contributed by atoms with E-state index in [1.165, 1.54) is 77.0 Å². The number of rotatable bonds is 54. The zero-order chi connectivity index (χ0) is 58.0. The molecule has 3 atom stereocenters. The first kappa shape index (κ1) is 72.2. The maximum Gasteiger partial charge on any atom is 0.352 e. The molecular weight excluding hydrogens is 1020 g/mol. The van der Waals surface area contributed by atoms with Crippen LogP contribution in [0.2, 0.25) is 0 Å². The fourth-order valence-corrected chi connectivity index (χ4v) is 7.64. The molecule has 0 saturated heterocycles. The van der Waals surface area contributed by atoms with E-state index >= 15 is 0 Å². The molecule has 0 heterocycles. The van der Waals surface area contributed by atoms with Crippen LogP contribution in [0.5, 0.6) is 0 Å². The van der Waals surface area contributed by atoms with Crippen molar-refractivity contribution in [2.24, 2.45) is 5.73 Å². The number of likely N-dealkylation sites (N-methyl/N-ethyl adjacent to an activating group) is 1. The van der Waals surface area contributed by atoms with Crippen molar-refractivity contribution < 1.29 is 82.2 Å². The summed E-state index contributed by atoms with van der Waals surface area (Å²) in [6.45, 7) is 2.49. The fourth-order valence-electron chi connectivity index (χ4n) is 7.64. The lowest BCUT2D eigenvalue weighted by Gasteiger charge is -2.14. The zero-order valence-corrected chi connectivity index (χ0v) is 46.4. The van der Waals surface area contributed by atoms with Crippen molar-refractivity contribution >= 4 is 59.3 Å². The second-order valence-electron chi connectivity index (χ2n) is 18.8. The molecule has 0 aromatic heterocycles. The Morgan fingerprint density at radius 2 is 0.885 bits per heavy atom. The van der Waals surface area contributed by atoms with Gasteiger partial charge >= 0.3 is 17.9 Å². The molecular formula is C53H94N8O17. The van der Waals surface area contributed by atoms with Gasteiger partial charge in [0.1, 0.15) is 31.0 Å². The van der Waals surface area contributed by atoms with E-state index in [-0.39, 0.29) is 110 Å². The first-order valence-corrected chi connectivity index (χ1v) is 27.9. The van der Waals surface area contributed by atoms with Gasteiger partial charge in [-0.3, -0.25) is 33.6 Å². The van der Waals surface area contributed by atoms with Gasteiger partial charge in [0.15, 0.2) is 0 Å². The molecule has 0 radical (unpaired) electrons. The van der Waals surface area contributed by atoms with Crippen LogP contribution in [0.1, 0.15) is 167 Å². The van der Waals surface area contributed by atoms with Crippen LogP contribution in [0, 0.1) is 0 Å².